The lowest BCUT2D eigenvalue weighted by atomic mass is 9.99. The number of alkyl halides is 3. The number of nitrogens with zero attached hydrogens (tertiary/aromatic N) is 1. The molecule has 53 heavy (non-hydrogen) atoms. The molecule has 2 aliphatic heterocycles. The number of carbonyl (C=O) groups is 3. The lowest BCUT2D eigenvalue weighted by Gasteiger charge is -2.36. The van der Waals surface area contributed by atoms with Gasteiger partial charge in [-0.2, -0.15) is 13.2 Å². The van der Waals surface area contributed by atoms with E-state index < -0.39 is 30.3 Å². The molecule has 278 valence electrons. The molecule has 4 aromatic rings. The van der Waals surface area contributed by atoms with Gasteiger partial charge in [0.25, 0.3) is 0 Å². The summed E-state index contributed by atoms with van der Waals surface area (Å²) in [5.74, 6) is -2.09. The highest BCUT2D eigenvalue weighted by molar-refractivity contribution is 7.99. The van der Waals surface area contributed by atoms with E-state index in [1.165, 1.54) is 6.92 Å². The van der Waals surface area contributed by atoms with E-state index >= 15 is 0 Å². The first-order valence-electron chi connectivity index (χ1n) is 17.3. The van der Waals surface area contributed by atoms with Gasteiger partial charge in [0.2, 0.25) is 11.8 Å². The van der Waals surface area contributed by atoms with E-state index in [-0.39, 0.29) is 44.2 Å². The van der Waals surface area contributed by atoms with Crippen molar-refractivity contribution in [2.45, 2.75) is 74.9 Å². The number of hydrogen-bond acceptors (Lipinski definition) is 7. The number of hydrogen-bond donors (Lipinski definition) is 3. The molecule has 0 spiro atoms. The Labute approximate surface area is 309 Å². The Hall–Kier alpha value is -4.69. The van der Waals surface area contributed by atoms with Crippen LogP contribution in [0.3, 0.4) is 0 Å². The molecule has 0 unspecified atom stereocenters. The first kappa shape index (κ1) is 38.0. The van der Waals surface area contributed by atoms with Crippen LogP contribution in [0.25, 0.3) is 11.1 Å². The normalized spacial score (nSPS) is 20.2. The van der Waals surface area contributed by atoms with Gasteiger partial charge in [0.15, 0.2) is 6.29 Å². The highest BCUT2D eigenvalue weighted by Gasteiger charge is 2.47. The number of aliphatic hydroxyl groups excluding tert-OH is 1. The second kappa shape index (κ2) is 17.0. The van der Waals surface area contributed by atoms with Crippen molar-refractivity contribution in [2.24, 2.45) is 0 Å². The number of ether oxygens (including phenoxy) is 2. The van der Waals surface area contributed by atoms with Gasteiger partial charge in [-0.1, -0.05) is 60.7 Å². The number of aliphatic hydroxyl groups is 1. The molecule has 13 heteroatoms. The van der Waals surface area contributed by atoms with E-state index in [2.05, 4.69) is 10.6 Å². The highest BCUT2D eigenvalue weighted by Crippen LogP contribution is 2.40. The minimum Gasteiger partial charge on any atom is -0.392 e. The number of carbonyl (C=O) groups excluding carboxylic acids is 3. The number of benzene rings is 4. The number of rotatable bonds is 11. The first-order chi connectivity index (χ1) is 25.5. The molecular weight excluding hydrogens is 708 g/mol. The molecular formula is C40H40F3N3O6S. The minimum atomic E-state index is -5.03. The van der Waals surface area contributed by atoms with E-state index in [0.29, 0.717) is 23.5 Å². The van der Waals surface area contributed by atoms with Gasteiger partial charge < -0.3 is 30.1 Å². The van der Waals surface area contributed by atoms with Crippen LogP contribution in [0.15, 0.2) is 102 Å². The number of halogens is 3. The smallest absolute Gasteiger partial charge is 0.392 e. The maximum absolute atomic E-state index is 13.1. The van der Waals surface area contributed by atoms with Crippen molar-refractivity contribution < 1.29 is 42.1 Å². The van der Waals surface area contributed by atoms with Gasteiger partial charge >= 0.3 is 12.1 Å². The van der Waals surface area contributed by atoms with E-state index in [1.54, 1.807) is 11.8 Å². The van der Waals surface area contributed by atoms with E-state index in [9.17, 15) is 32.7 Å². The zero-order valence-electron chi connectivity index (χ0n) is 29.0. The fraction of sp³-hybridized carbons (Fsp3) is 0.325. The summed E-state index contributed by atoms with van der Waals surface area (Å²) in [6.07, 6.45) is -5.05. The third-order valence-electron chi connectivity index (χ3n) is 9.17. The molecule has 3 amide bonds. The van der Waals surface area contributed by atoms with Crippen LogP contribution < -0.4 is 10.6 Å². The molecule has 0 radical (unpaired) electrons. The maximum atomic E-state index is 13.1. The molecule has 6 rings (SSSR count). The van der Waals surface area contributed by atoms with Crippen LogP contribution in [0.5, 0.6) is 0 Å². The molecule has 0 saturated carbocycles. The maximum Gasteiger partial charge on any atom is 0.471 e. The Kier molecular flexibility index (Phi) is 12.2. The number of anilines is 1. The van der Waals surface area contributed by atoms with Crippen molar-refractivity contribution in [3.8, 4) is 11.1 Å². The predicted octanol–water partition coefficient (Wildman–Crippen LogP) is 7.31. The molecule has 0 bridgehead atoms. The summed E-state index contributed by atoms with van der Waals surface area (Å²) < 4.78 is 52.3. The second-order valence-corrected chi connectivity index (χ2v) is 14.2. The summed E-state index contributed by atoms with van der Waals surface area (Å²) in [4.78, 5) is 37.8. The zero-order valence-corrected chi connectivity index (χ0v) is 29.8. The van der Waals surface area contributed by atoms with Crippen LogP contribution in [0, 0.1) is 0 Å². The summed E-state index contributed by atoms with van der Waals surface area (Å²) in [6, 6.07) is 29.4. The molecule has 2 saturated heterocycles. The minimum absolute atomic E-state index is 0.0556. The Morgan fingerprint density at radius 2 is 1.60 bits per heavy atom. The van der Waals surface area contributed by atoms with Gasteiger partial charge in [0.05, 0.1) is 18.8 Å². The fourth-order valence-corrected chi connectivity index (χ4v) is 7.45. The van der Waals surface area contributed by atoms with Gasteiger partial charge in [-0.05, 0) is 77.1 Å². The molecule has 3 N–H and O–H groups in total. The third kappa shape index (κ3) is 9.85. The summed E-state index contributed by atoms with van der Waals surface area (Å²) in [7, 11) is 0. The van der Waals surface area contributed by atoms with Crippen LogP contribution >= 0.6 is 11.8 Å². The highest BCUT2D eigenvalue weighted by atomic mass is 32.2. The molecule has 4 aromatic carbocycles. The van der Waals surface area contributed by atoms with E-state index in [4.69, 9.17) is 9.47 Å². The SMILES string of the molecule is CC(=O)Nc1ccc(SC[C@@H]2C[C@H](c3ccc(CO)cc3)O[C@H](c3cccc(-c4cccc(CNC(=O)[C@@H]5CCCN5C(=O)C(F)(F)F)c4)c3)O2)cc1. The molecule has 0 aliphatic carbocycles. The van der Waals surface area contributed by atoms with Crippen LogP contribution in [0.2, 0.25) is 0 Å². The number of nitrogens with one attached hydrogen (secondary N) is 2. The van der Waals surface area contributed by atoms with Crippen LogP contribution in [0.4, 0.5) is 18.9 Å². The quantitative estimate of drug-likeness (QED) is 0.138. The van der Waals surface area contributed by atoms with E-state index in [0.717, 1.165) is 44.0 Å². The Bertz CT molecular complexity index is 1910. The lowest BCUT2D eigenvalue weighted by Crippen LogP contribution is -2.50. The van der Waals surface area contributed by atoms with Gasteiger partial charge in [-0.25, -0.2) is 0 Å². The van der Waals surface area contributed by atoms with Crippen molar-refractivity contribution in [2.75, 3.05) is 17.6 Å². The van der Waals surface area contributed by atoms with Crippen molar-refractivity contribution >= 4 is 35.2 Å². The molecule has 2 heterocycles. The average molecular weight is 748 g/mol. The topological polar surface area (TPSA) is 117 Å². The molecule has 2 fully saturated rings. The first-order valence-corrected chi connectivity index (χ1v) is 18.3. The number of thioether (sulfide) groups is 1. The molecule has 2 aliphatic rings. The lowest BCUT2D eigenvalue weighted by molar-refractivity contribution is -0.245. The van der Waals surface area contributed by atoms with Crippen molar-refractivity contribution in [3.63, 3.8) is 0 Å². The monoisotopic (exact) mass is 747 g/mol. The number of likely N-dealkylation sites (tertiary alicyclic amines) is 1. The van der Waals surface area contributed by atoms with Crippen molar-refractivity contribution in [3.05, 3.63) is 119 Å². The Balaban J connectivity index is 1.15. The van der Waals surface area contributed by atoms with Gasteiger partial charge in [-0.3, -0.25) is 14.4 Å². The number of amides is 3. The van der Waals surface area contributed by atoms with Gasteiger partial charge in [0.1, 0.15) is 6.04 Å². The summed E-state index contributed by atoms with van der Waals surface area (Å²) in [5, 5.41) is 15.0. The molecule has 9 nitrogen and oxygen atoms in total. The second-order valence-electron chi connectivity index (χ2n) is 13.1. The Morgan fingerprint density at radius 3 is 2.30 bits per heavy atom. The predicted molar refractivity (Wildman–Crippen MR) is 194 cm³/mol. The Morgan fingerprint density at radius 1 is 0.887 bits per heavy atom. The summed E-state index contributed by atoms with van der Waals surface area (Å²) >= 11 is 1.65. The third-order valence-corrected chi connectivity index (χ3v) is 10.3. The molecule has 0 aromatic heterocycles. The fourth-order valence-electron chi connectivity index (χ4n) is 6.53. The van der Waals surface area contributed by atoms with Crippen molar-refractivity contribution in [1.29, 1.82) is 0 Å². The van der Waals surface area contributed by atoms with Crippen LogP contribution in [-0.2, 0) is 37.0 Å². The summed E-state index contributed by atoms with van der Waals surface area (Å²) in [5.41, 5.74) is 5.78. The van der Waals surface area contributed by atoms with Gasteiger partial charge in [-0.15, -0.1) is 11.8 Å². The standard InChI is InChI=1S/C40H40F3N3O6S/c1-25(48)45-32-14-16-34(17-15-32)53-24-33-21-36(28-12-10-26(23-47)11-13-28)52-38(51-33)31-8-3-7-30(20-31)29-6-2-5-27(19-29)22-44-37(49)35-9-4-18-46(35)39(50)40(41,42)43/h2-3,5-8,10-17,19-20,33,35-36,38,47H,4,9,18,21-24H2,1H3,(H,44,49)(H,45,48)/t33-,35-,36+,38+/m0/s1. The van der Waals surface area contributed by atoms with Crippen molar-refractivity contribution in [1.82, 2.24) is 10.2 Å². The van der Waals surface area contributed by atoms with Gasteiger partial charge in [0, 0.05) is 48.3 Å². The van der Waals surface area contributed by atoms with E-state index in [1.807, 2.05) is 97.1 Å². The zero-order chi connectivity index (χ0) is 37.5. The summed E-state index contributed by atoms with van der Waals surface area (Å²) in [6.45, 7) is 1.38. The molecule has 4 atom stereocenters. The average Bonchev–Trinajstić information content (AvgIpc) is 3.66. The van der Waals surface area contributed by atoms with Crippen LogP contribution in [0.1, 0.15) is 60.8 Å². The largest absolute Gasteiger partial charge is 0.471 e. The van der Waals surface area contributed by atoms with Crippen LogP contribution in [-0.4, -0.2) is 58.3 Å².